The molecule has 19 heavy (non-hydrogen) atoms. The van der Waals surface area contributed by atoms with Gasteiger partial charge in [0, 0.05) is 18.1 Å². The Morgan fingerprint density at radius 3 is 2.58 bits per heavy atom. The number of carbonyl (C=O) groups is 1. The standard InChI is InChI=1S/C15H17NO3/c1-4-16-8-12(15(18)19)14(17)11-7-5-6-10(9(2)3)13(11)16/h5-9H,4H2,1-3H3,(H,18,19). The Labute approximate surface area is 111 Å². The molecule has 0 unspecified atom stereocenters. The van der Waals surface area contributed by atoms with Crippen LogP contribution in [0.1, 0.15) is 42.6 Å². The van der Waals surface area contributed by atoms with Gasteiger partial charge in [-0.05, 0) is 24.5 Å². The van der Waals surface area contributed by atoms with E-state index in [0.717, 1.165) is 11.1 Å². The third-order valence-corrected chi connectivity index (χ3v) is 3.32. The zero-order valence-electron chi connectivity index (χ0n) is 11.3. The molecule has 2 aromatic rings. The molecule has 0 saturated heterocycles. The Hall–Kier alpha value is -2.10. The van der Waals surface area contributed by atoms with Crippen molar-refractivity contribution >= 4 is 16.9 Å². The van der Waals surface area contributed by atoms with Gasteiger partial charge in [-0.3, -0.25) is 4.79 Å². The molecular weight excluding hydrogens is 242 g/mol. The lowest BCUT2D eigenvalue weighted by molar-refractivity contribution is 0.0695. The third-order valence-electron chi connectivity index (χ3n) is 3.32. The van der Waals surface area contributed by atoms with Crippen molar-refractivity contribution in [3.63, 3.8) is 0 Å². The van der Waals surface area contributed by atoms with Crippen LogP contribution in [0, 0.1) is 0 Å². The first-order chi connectivity index (χ1) is 8.97. The van der Waals surface area contributed by atoms with Crippen molar-refractivity contribution < 1.29 is 9.90 Å². The fourth-order valence-corrected chi connectivity index (χ4v) is 2.36. The van der Waals surface area contributed by atoms with Crippen LogP contribution in [0.25, 0.3) is 10.9 Å². The van der Waals surface area contributed by atoms with Gasteiger partial charge in [0.25, 0.3) is 0 Å². The van der Waals surface area contributed by atoms with Gasteiger partial charge in [-0.25, -0.2) is 4.79 Å². The van der Waals surface area contributed by atoms with E-state index in [9.17, 15) is 9.59 Å². The van der Waals surface area contributed by atoms with Gasteiger partial charge in [0.1, 0.15) is 5.56 Å². The van der Waals surface area contributed by atoms with Crippen LogP contribution in [0.5, 0.6) is 0 Å². The van der Waals surface area contributed by atoms with Gasteiger partial charge in [-0.1, -0.05) is 26.0 Å². The van der Waals surface area contributed by atoms with Crippen LogP contribution in [0.2, 0.25) is 0 Å². The van der Waals surface area contributed by atoms with Crippen LogP contribution in [0.15, 0.2) is 29.2 Å². The summed E-state index contributed by atoms with van der Waals surface area (Å²) in [6.45, 7) is 6.68. The van der Waals surface area contributed by atoms with Gasteiger partial charge in [0.2, 0.25) is 5.43 Å². The summed E-state index contributed by atoms with van der Waals surface area (Å²) in [4.78, 5) is 23.4. The molecule has 1 aromatic heterocycles. The Morgan fingerprint density at radius 2 is 2.05 bits per heavy atom. The fourth-order valence-electron chi connectivity index (χ4n) is 2.36. The van der Waals surface area contributed by atoms with E-state index in [1.165, 1.54) is 6.20 Å². The van der Waals surface area contributed by atoms with Crippen molar-refractivity contribution in [2.45, 2.75) is 33.2 Å². The second-order valence-electron chi connectivity index (χ2n) is 4.86. The normalized spacial score (nSPS) is 11.2. The molecule has 0 amide bonds. The number of carboxylic acid groups (broad SMARTS) is 1. The summed E-state index contributed by atoms with van der Waals surface area (Å²) in [5.74, 6) is -0.902. The molecule has 4 nitrogen and oxygen atoms in total. The van der Waals surface area contributed by atoms with Gasteiger partial charge >= 0.3 is 5.97 Å². The van der Waals surface area contributed by atoms with Crippen molar-refractivity contribution in [1.29, 1.82) is 0 Å². The lowest BCUT2D eigenvalue weighted by Gasteiger charge is -2.16. The number of hydrogen-bond donors (Lipinski definition) is 1. The van der Waals surface area contributed by atoms with E-state index in [0.29, 0.717) is 11.9 Å². The van der Waals surface area contributed by atoms with E-state index in [1.54, 1.807) is 6.07 Å². The Bertz CT molecular complexity index is 698. The predicted molar refractivity (Wildman–Crippen MR) is 74.9 cm³/mol. The van der Waals surface area contributed by atoms with Crippen LogP contribution in [0.3, 0.4) is 0 Å². The Morgan fingerprint density at radius 1 is 1.37 bits per heavy atom. The van der Waals surface area contributed by atoms with Gasteiger partial charge in [0.05, 0.1) is 5.52 Å². The van der Waals surface area contributed by atoms with E-state index >= 15 is 0 Å². The maximum atomic E-state index is 12.2. The number of aromatic carboxylic acids is 1. The van der Waals surface area contributed by atoms with Crippen molar-refractivity contribution in [1.82, 2.24) is 4.57 Å². The number of rotatable bonds is 3. The molecule has 1 aromatic carbocycles. The molecule has 2 rings (SSSR count). The molecular formula is C15H17NO3. The second kappa shape index (κ2) is 4.88. The van der Waals surface area contributed by atoms with Crippen molar-refractivity contribution in [2.24, 2.45) is 0 Å². The molecule has 0 aliphatic carbocycles. The first-order valence-corrected chi connectivity index (χ1v) is 6.36. The molecule has 4 heteroatoms. The maximum Gasteiger partial charge on any atom is 0.341 e. The quantitative estimate of drug-likeness (QED) is 0.922. The Kier molecular flexibility index (Phi) is 3.42. The highest BCUT2D eigenvalue weighted by Gasteiger charge is 2.16. The van der Waals surface area contributed by atoms with Crippen LogP contribution in [-0.4, -0.2) is 15.6 Å². The fraction of sp³-hybridized carbons (Fsp3) is 0.333. The van der Waals surface area contributed by atoms with Crippen LogP contribution >= 0.6 is 0 Å². The van der Waals surface area contributed by atoms with Crippen LogP contribution < -0.4 is 5.43 Å². The number of aromatic nitrogens is 1. The second-order valence-corrected chi connectivity index (χ2v) is 4.86. The van der Waals surface area contributed by atoms with Crippen molar-refractivity contribution in [3.8, 4) is 0 Å². The number of pyridine rings is 1. The van der Waals surface area contributed by atoms with Crippen molar-refractivity contribution in [2.75, 3.05) is 0 Å². The molecule has 1 N–H and O–H groups in total. The summed E-state index contributed by atoms with van der Waals surface area (Å²) in [6, 6.07) is 5.49. The first kappa shape index (κ1) is 13.3. The number of fused-ring (bicyclic) bond motifs is 1. The average Bonchev–Trinajstić information content (AvgIpc) is 2.38. The average molecular weight is 259 g/mol. The molecule has 0 spiro atoms. The molecule has 0 saturated carbocycles. The number of aryl methyl sites for hydroxylation is 1. The highest BCUT2D eigenvalue weighted by molar-refractivity contribution is 5.93. The van der Waals surface area contributed by atoms with Crippen LogP contribution in [0.4, 0.5) is 0 Å². The van der Waals surface area contributed by atoms with E-state index in [2.05, 4.69) is 13.8 Å². The number of para-hydroxylation sites is 1. The molecule has 0 atom stereocenters. The topological polar surface area (TPSA) is 59.3 Å². The van der Waals surface area contributed by atoms with Crippen LogP contribution in [-0.2, 0) is 6.54 Å². The minimum atomic E-state index is -1.18. The highest BCUT2D eigenvalue weighted by Crippen LogP contribution is 2.24. The predicted octanol–water partition coefficient (Wildman–Crippen LogP) is 2.84. The summed E-state index contributed by atoms with van der Waals surface area (Å²) in [5.41, 5.74) is 1.33. The van der Waals surface area contributed by atoms with Gasteiger partial charge in [-0.2, -0.15) is 0 Å². The Balaban J connectivity index is 2.98. The number of carboxylic acids is 1. The maximum absolute atomic E-state index is 12.2. The first-order valence-electron chi connectivity index (χ1n) is 6.36. The van der Waals surface area contributed by atoms with Gasteiger partial charge < -0.3 is 9.67 Å². The lowest BCUT2D eigenvalue weighted by atomic mass is 9.98. The summed E-state index contributed by atoms with van der Waals surface area (Å²) in [5, 5.41) is 9.59. The lowest BCUT2D eigenvalue weighted by Crippen LogP contribution is -2.19. The summed E-state index contributed by atoms with van der Waals surface area (Å²) in [7, 11) is 0. The monoisotopic (exact) mass is 259 g/mol. The van der Waals surface area contributed by atoms with E-state index in [-0.39, 0.29) is 11.5 Å². The molecule has 100 valence electrons. The smallest absolute Gasteiger partial charge is 0.341 e. The number of nitrogens with zero attached hydrogens (tertiary/aromatic N) is 1. The molecule has 0 fully saturated rings. The van der Waals surface area contributed by atoms with Crippen molar-refractivity contribution in [3.05, 3.63) is 45.7 Å². The number of benzene rings is 1. The molecule has 0 aliphatic heterocycles. The molecule has 0 radical (unpaired) electrons. The SMILES string of the molecule is CCn1cc(C(=O)O)c(=O)c2cccc(C(C)C)c21. The van der Waals surface area contributed by atoms with E-state index in [1.807, 2.05) is 23.6 Å². The van der Waals surface area contributed by atoms with E-state index in [4.69, 9.17) is 5.11 Å². The summed E-state index contributed by atoms with van der Waals surface area (Å²) < 4.78 is 1.84. The minimum absolute atomic E-state index is 0.171. The molecule has 1 heterocycles. The largest absolute Gasteiger partial charge is 0.477 e. The molecule has 0 bridgehead atoms. The zero-order chi connectivity index (χ0) is 14.2. The highest BCUT2D eigenvalue weighted by atomic mass is 16.4. The number of hydrogen-bond acceptors (Lipinski definition) is 2. The third kappa shape index (κ3) is 2.14. The van der Waals surface area contributed by atoms with Gasteiger partial charge in [-0.15, -0.1) is 0 Å². The van der Waals surface area contributed by atoms with Gasteiger partial charge in [0.15, 0.2) is 0 Å². The zero-order valence-corrected chi connectivity index (χ0v) is 11.3. The summed E-state index contributed by atoms with van der Waals surface area (Å²) in [6.07, 6.45) is 1.44. The summed E-state index contributed by atoms with van der Waals surface area (Å²) >= 11 is 0. The van der Waals surface area contributed by atoms with E-state index < -0.39 is 11.4 Å². The minimum Gasteiger partial charge on any atom is -0.477 e. The molecule has 0 aliphatic rings.